The van der Waals surface area contributed by atoms with Gasteiger partial charge in [0.25, 0.3) is 0 Å². The summed E-state index contributed by atoms with van der Waals surface area (Å²) < 4.78 is 15.8. The van der Waals surface area contributed by atoms with Crippen molar-refractivity contribution in [2.45, 2.75) is 0 Å². The third-order valence-corrected chi connectivity index (χ3v) is 4.09. The Balaban J connectivity index is 1.96. The van der Waals surface area contributed by atoms with Gasteiger partial charge in [-0.2, -0.15) is 9.78 Å². The lowest BCUT2D eigenvalue weighted by Gasteiger charge is -2.33. The van der Waals surface area contributed by atoms with E-state index in [4.69, 9.17) is 5.26 Å². The molecule has 1 aliphatic rings. The first kappa shape index (κ1) is 13.8. The zero-order valence-electron chi connectivity index (χ0n) is 12.4. The minimum Gasteiger partial charge on any atom is -0.351 e. The molecule has 0 aliphatic carbocycles. The molecule has 3 heterocycles. The van der Waals surface area contributed by atoms with Crippen molar-refractivity contribution < 1.29 is 4.39 Å². The van der Waals surface area contributed by atoms with Gasteiger partial charge in [-0.15, -0.1) is 5.10 Å². The number of nitrogens with zero attached hydrogens (tertiary/aromatic N) is 8. The van der Waals surface area contributed by atoms with Gasteiger partial charge < -0.3 is 9.80 Å². The molecule has 0 amide bonds. The summed E-state index contributed by atoms with van der Waals surface area (Å²) in [5.74, 6) is 0.0195. The van der Waals surface area contributed by atoms with E-state index in [0.29, 0.717) is 17.0 Å². The number of nitriles is 1. The quantitative estimate of drug-likeness (QED) is 0.644. The average molecular weight is 312 g/mol. The molecule has 1 aromatic carbocycles. The summed E-state index contributed by atoms with van der Waals surface area (Å²) in [6.45, 7) is 3.33. The zero-order valence-corrected chi connectivity index (χ0v) is 12.4. The fraction of sp³-hybridized carbons (Fsp3) is 0.357. The predicted molar refractivity (Wildman–Crippen MR) is 80.5 cm³/mol. The number of piperazine rings is 1. The predicted octanol–water partition coefficient (Wildman–Crippen LogP) is 0.435. The van der Waals surface area contributed by atoms with E-state index < -0.39 is 5.82 Å². The highest BCUT2D eigenvalue weighted by atomic mass is 19.1. The Bertz CT molecular complexity index is 935. The molecule has 0 N–H and O–H groups in total. The summed E-state index contributed by atoms with van der Waals surface area (Å²) in [6, 6.07) is 4.66. The number of aromatic nitrogens is 5. The van der Waals surface area contributed by atoms with E-state index >= 15 is 0 Å². The van der Waals surface area contributed by atoms with Gasteiger partial charge >= 0.3 is 0 Å². The molecule has 23 heavy (non-hydrogen) atoms. The highest BCUT2D eigenvalue weighted by molar-refractivity contribution is 5.84. The van der Waals surface area contributed by atoms with Crippen LogP contribution < -0.4 is 4.90 Å². The maximum Gasteiger partial charge on any atom is 0.222 e. The number of anilines is 1. The molecule has 116 valence electrons. The topological polar surface area (TPSA) is 86.2 Å². The Kier molecular flexibility index (Phi) is 3.06. The third-order valence-electron chi connectivity index (χ3n) is 4.09. The van der Waals surface area contributed by atoms with Gasteiger partial charge in [0.05, 0.1) is 17.1 Å². The lowest BCUT2D eigenvalue weighted by Crippen LogP contribution is -2.45. The number of hydrogen-bond donors (Lipinski definition) is 0. The van der Waals surface area contributed by atoms with Gasteiger partial charge in [0, 0.05) is 26.2 Å². The van der Waals surface area contributed by atoms with Crippen molar-refractivity contribution in [1.82, 2.24) is 29.9 Å². The van der Waals surface area contributed by atoms with Gasteiger partial charge in [-0.05, 0) is 29.6 Å². The molecular weight excluding hydrogens is 299 g/mol. The van der Waals surface area contributed by atoms with Crippen LogP contribution in [-0.4, -0.2) is 63.2 Å². The summed E-state index contributed by atoms with van der Waals surface area (Å²) in [5, 5.41) is 20.7. The van der Waals surface area contributed by atoms with Crippen molar-refractivity contribution in [2.24, 2.45) is 0 Å². The highest BCUT2D eigenvalue weighted by Gasteiger charge is 2.22. The number of fused-ring (bicyclic) bond motifs is 3. The minimum absolute atomic E-state index is 0.165. The normalized spacial score (nSPS) is 16.1. The van der Waals surface area contributed by atoms with Crippen molar-refractivity contribution in [3.8, 4) is 6.07 Å². The molecular formula is C14H13FN8. The molecule has 0 saturated carbocycles. The highest BCUT2D eigenvalue weighted by Crippen LogP contribution is 2.25. The molecule has 9 heteroatoms. The smallest absolute Gasteiger partial charge is 0.222 e. The number of halogens is 1. The number of hydrogen-bond acceptors (Lipinski definition) is 7. The van der Waals surface area contributed by atoms with Crippen molar-refractivity contribution in [3.05, 3.63) is 23.5 Å². The first-order valence-electron chi connectivity index (χ1n) is 7.22. The van der Waals surface area contributed by atoms with Crippen LogP contribution in [0.1, 0.15) is 5.56 Å². The summed E-state index contributed by atoms with van der Waals surface area (Å²) >= 11 is 0. The Morgan fingerprint density at radius 2 is 2.00 bits per heavy atom. The molecule has 0 atom stereocenters. The summed E-state index contributed by atoms with van der Waals surface area (Å²) in [6.07, 6.45) is 0. The fourth-order valence-electron chi connectivity index (χ4n) is 2.80. The number of tetrazole rings is 1. The van der Waals surface area contributed by atoms with Crippen LogP contribution in [0.25, 0.3) is 16.7 Å². The van der Waals surface area contributed by atoms with Crippen LogP contribution >= 0.6 is 0 Å². The Hall–Kier alpha value is -2.86. The third kappa shape index (κ3) is 2.15. The van der Waals surface area contributed by atoms with Gasteiger partial charge in [-0.25, -0.2) is 9.37 Å². The summed E-state index contributed by atoms with van der Waals surface area (Å²) in [5.41, 5.74) is 1.23. The SMILES string of the molecule is CN1CCN(c2nc3c(F)cc(C#N)cc3n3nnnc23)CC1. The standard InChI is InChI=1S/C14H13FN8/c1-21-2-4-22(5-3-21)13-14-18-19-20-23(14)11-7-9(8-16)6-10(15)12(11)17-13/h6-7H,2-5H2,1H3. The van der Waals surface area contributed by atoms with Crippen LogP contribution in [0, 0.1) is 17.1 Å². The van der Waals surface area contributed by atoms with Crippen LogP contribution in [0.15, 0.2) is 12.1 Å². The van der Waals surface area contributed by atoms with Crippen LogP contribution in [-0.2, 0) is 0 Å². The second-order valence-electron chi connectivity index (χ2n) is 5.58. The summed E-state index contributed by atoms with van der Waals surface area (Å²) in [7, 11) is 2.06. The molecule has 1 aliphatic heterocycles. The van der Waals surface area contributed by atoms with E-state index in [9.17, 15) is 4.39 Å². The average Bonchev–Trinajstić information content (AvgIpc) is 3.05. The maximum absolute atomic E-state index is 14.4. The van der Waals surface area contributed by atoms with E-state index in [1.54, 1.807) is 6.07 Å². The van der Waals surface area contributed by atoms with E-state index in [0.717, 1.165) is 26.2 Å². The molecule has 3 aromatic rings. The second-order valence-corrected chi connectivity index (χ2v) is 5.58. The van der Waals surface area contributed by atoms with Crippen LogP contribution in [0.5, 0.6) is 0 Å². The number of benzene rings is 1. The molecule has 2 aromatic heterocycles. The molecule has 0 radical (unpaired) electrons. The molecule has 8 nitrogen and oxygen atoms in total. The minimum atomic E-state index is -0.549. The Labute approximate surface area is 130 Å². The van der Waals surface area contributed by atoms with Crippen molar-refractivity contribution >= 4 is 22.5 Å². The lowest BCUT2D eigenvalue weighted by molar-refractivity contribution is 0.312. The van der Waals surface area contributed by atoms with E-state index in [-0.39, 0.29) is 11.1 Å². The van der Waals surface area contributed by atoms with Gasteiger partial charge in [0.1, 0.15) is 5.52 Å². The van der Waals surface area contributed by atoms with Crippen molar-refractivity contribution in [2.75, 3.05) is 38.1 Å². The van der Waals surface area contributed by atoms with Gasteiger partial charge in [-0.1, -0.05) is 0 Å². The maximum atomic E-state index is 14.4. The second kappa shape index (κ2) is 5.10. The largest absolute Gasteiger partial charge is 0.351 e. The fourth-order valence-corrected chi connectivity index (χ4v) is 2.80. The molecule has 1 fully saturated rings. The monoisotopic (exact) mass is 312 g/mol. The molecule has 0 bridgehead atoms. The molecule has 1 saturated heterocycles. The van der Waals surface area contributed by atoms with E-state index in [2.05, 4.69) is 37.4 Å². The van der Waals surface area contributed by atoms with Crippen LogP contribution in [0.2, 0.25) is 0 Å². The van der Waals surface area contributed by atoms with Crippen molar-refractivity contribution in [1.29, 1.82) is 5.26 Å². The van der Waals surface area contributed by atoms with Gasteiger partial charge in [-0.3, -0.25) is 0 Å². The lowest BCUT2D eigenvalue weighted by atomic mass is 10.2. The number of likely N-dealkylation sites (N-methyl/N-ethyl adjacent to an activating group) is 1. The van der Waals surface area contributed by atoms with E-state index in [1.165, 1.54) is 10.6 Å². The van der Waals surface area contributed by atoms with E-state index in [1.807, 2.05) is 6.07 Å². The molecule has 4 rings (SSSR count). The number of rotatable bonds is 1. The Morgan fingerprint density at radius 1 is 1.22 bits per heavy atom. The van der Waals surface area contributed by atoms with Gasteiger partial charge in [0.2, 0.25) is 5.65 Å². The first-order valence-corrected chi connectivity index (χ1v) is 7.22. The Morgan fingerprint density at radius 3 is 2.74 bits per heavy atom. The van der Waals surface area contributed by atoms with Crippen LogP contribution in [0.3, 0.4) is 0 Å². The zero-order chi connectivity index (χ0) is 16.0. The van der Waals surface area contributed by atoms with Crippen molar-refractivity contribution in [3.63, 3.8) is 0 Å². The first-order chi connectivity index (χ1) is 11.2. The van der Waals surface area contributed by atoms with Gasteiger partial charge in [0.15, 0.2) is 11.6 Å². The summed E-state index contributed by atoms with van der Waals surface area (Å²) in [4.78, 5) is 8.74. The molecule has 0 spiro atoms. The van der Waals surface area contributed by atoms with Crippen LogP contribution in [0.4, 0.5) is 10.2 Å². The molecule has 0 unspecified atom stereocenters.